The van der Waals surface area contributed by atoms with Crippen LogP contribution in [-0.4, -0.2) is 24.5 Å². The van der Waals surface area contributed by atoms with Gasteiger partial charge in [-0.15, -0.1) is 0 Å². The van der Waals surface area contributed by atoms with Crippen molar-refractivity contribution < 1.29 is 14.5 Å². The van der Waals surface area contributed by atoms with E-state index in [0.717, 1.165) is 5.56 Å². The number of benzene rings is 1. The van der Waals surface area contributed by atoms with E-state index in [2.05, 4.69) is 5.16 Å². The molecule has 1 aromatic carbocycles. The summed E-state index contributed by atoms with van der Waals surface area (Å²) < 4.78 is 5.01. The summed E-state index contributed by atoms with van der Waals surface area (Å²) >= 11 is 0. The molecule has 84 valence electrons. The molecule has 0 amide bonds. The molecule has 1 aliphatic rings. The SMILES string of the molecule is COc1ccc(C2CON=C2[N+](=O)[O-])cc1. The third-order valence-corrected chi connectivity index (χ3v) is 2.42. The first-order valence-corrected chi connectivity index (χ1v) is 4.70. The summed E-state index contributed by atoms with van der Waals surface area (Å²) in [6.07, 6.45) is 0. The Kier molecular flexibility index (Phi) is 2.72. The van der Waals surface area contributed by atoms with Crippen molar-refractivity contribution in [2.24, 2.45) is 5.16 Å². The van der Waals surface area contributed by atoms with Gasteiger partial charge in [0.2, 0.25) is 0 Å². The van der Waals surface area contributed by atoms with Crippen LogP contribution >= 0.6 is 0 Å². The monoisotopic (exact) mass is 222 g/mol. The second-order valence-electron chi connectivity index (χ2n) is 3.33. The van der Waals surface area contributed by atoms with Crippen LogP contribution in [0.15, 0.2) is 29.4 Å². The fraction of sp³-hybridized carbons (Fsp3) is 0.300. The fourth-order valence-corrected chi connectivity index (χ4v) is 1.56. The van der Waals surface area contributed by atoms with Crippen molar-refractivity contribution in [3.63, 3.8) is 0 Å². The van der Waals surface area contributed by atoms with Gasteiger partial charge in [0.1, 0.15) is 11.7 Å². The average Bonchev–Trinajstić information content (AvgIpc) is 2.78. The molecule has 0 bridgehead atoms. The number of amidine groups is 1. The molecule has 6 heteroatoms. The Morgan fingerprint density at radius 1 is 1.50 bits per heavy atom. The lowest BCUT2D eigenvalue weighted by Gasteiger charge is -2.06. The standard InChI is InChI=1S/C10H10N2O4/c1-15-8-4-2-7(3-5-8)9-6-16-11-10(9)12(13)14/h2-5,9H,6H2,1H3. The van der Waals surface area contributed by atoms with Gasteiger partial charge in [-0.3, -0.25) is 4.84 Å². The molecule has 1 aliphatic heterocycles. The summed E-state index contributed by atoms with van der Waals surface area (Å²) in [5.74, 6) is 0.160. The molecule has 1 aromatic rings. The minimum atomic E-state index is -0.512. The van der Waals surface area contributed by atoms with E-state index in [0.29, 0.717) is 5.75 Å². The molecule has 0 saturated carbocycles. The van der Waals surface area contributed by atoms with E-state index in [9.17, 15) is 10.1 Å². The van der Waals surface area contributed by atoms with E-state index in [1.165, 1.54) is 0 Å². The van der Waals surface area contributed by atoms with Crippen LogP contribution in [0.3, 0.4) is 0 Å². The molecule has 0 aromatic heterocycles. The van der Waals surface area contributed by atoms with Gasteiger partial charge in [-0.2, -0.15) is 0 Å². The Morgan fingerprint density at radius 3 is 2.75 bits per heavy atom. The molecule has 0 spiro atoms. The van der Waals surface area contributed by atoms with Gasteiger partial charge in [-0.25, -0.2) is 0 Å². The average molecular weight is 222 g/mol. The first-order chi connectivity index (χ1) is 7.72. The summed E-state index contributed by atoms with van der Waals surface area (Å²) in [4.78, 5) is 14.9. The van der Waals surface area contributed by atoms with Gasteiger partial charge in [0.25, 0.3) is 0 Å². The first-order valence-electron chi connectivity index (χ1n) is 4.70. The minimum absolute atomic E-state index is 0.148. The van der Waals surface area contributed by atoms with Gasteiger partial charge in [0, 0.05) is 0 Å². The molecule has 0 fully saturated rings. The molecule has 0 radical (unpaired) electrons. The van der Waals surface area contributed by atoms with Crippen LogP contribution in [0, 0.1) is 10.1 Å². The number of methoxy groups -OCH3 is 1. The van der Waals surface area contributed by atoms with E-state index < -0.39 is 10.8 Å². The minimum Gasteiger partial charge on any atom is -0.497 e. The topological polar surface area (TPSA) is 74.0 Å². The summed E-state index contributed by atoms with van der Waals surface area (Å²) in [5, 5.41) is 14.1. The molecule has 1 heterocycles. The highest BCUT2D eigenvalue weighted by Crippen LogP contribution is 2.25. The fourth-order valence-electron chi connectivity index (χ4n) is 1.56. The van der Waals surface area contributed by atoms with Crippen LogP contribution in [-0.2, 0) is 4.84 Å². The van der Waals surface area contributed by atoms with Crippen LogP contribution in [0.2, 0.25) is 0 Å². The molecule has 16 heavy (non-hydrogen) atoms. The summed E-state index contributed by atoms with van der Waals surface area (Å²) in [6, 6.07) is 7.06. The van der Waals surface area contributed by atoms with Gasteiger partial charge in [-0.05, 0) is 22.6 Å². The van der Waals surface area contributed by atoms with E-state index >= 15 is 0 Å². The maximum absolute atomic E-state index is 10.7. The quantitative estimate of drug-likeness (QED) is 0.560. The lowest BCUT2D eigenvalue weighted by atomic mass is 9.99. The van der Waals surface area contributed by atoms with Crippen molar-refractivity contribution >= 4 is 5.84 Å². The van der Waals surface area contributed by atoms with Crippen molar-refractivity contribution in [1.82, 2.24) is 0 Å². The van der Waals surface area contributed by atoms with Crippen LogP contribution in [0.4, 0.5) is 0 Å². The number of nitrogens with zero attached hydrogens (tertiary/aromatic N) is 2. The third kappa shape index (κ3) is 1.81. The highest BCUT2D eigenvalue weighted by molar-refractivity contribution is 5.82. The largest absolute Gasteiger partial charge is 0.497 e. The summed E-state index contributed by atoms with van der Waals surface area (Å²) in [6.45, 7) is 0.211. The number of rotatable bonds is 2. The molecule has 0 N–H and O–H groups in total. The zero-order chi connectivity index (χ0) is 11.5. The van der Waals surface area contributed by atoms with E-state index in [1.54, 1.807) is 31.4 Å². The Labute approximate surface area is 91.6 Å². The lowest BCUT2D eigenvalue weighted by Crippen LogP contribution is -2.19. The number of nitro groups is 1. The normalized spacial score (nSPS) is 18.8. The highest BCUT2D eigenvalue weighted by Gasteiger charge is 2.36. The molecule has 0 saturated heterocycles. The van der Waals surface area contributed by atoms with Crippen LogP contribution < -0.4 is 4.74 Å². The first kappa shape index (κ1) is 10.4. The Morgan fingerprint density at radius 2 is 2.19 bits per heavy atom. The van der Waals surface area contributed by atoms with Gasteiger partial charge < -0.3 is 14.9 Å². The van der Waals surface area contributed by atoms with Gasteiger partial charge >= 0.3 is 5.84 Å². The lowest BCUT2D eigenvalue weighted by molar-refractivity contribution is -0.354. The van der Waals surface area contributed by atoms with Crippen LogP contribution in [0.25, 0.3) is 0 Å². The van der Waals surface area contributed by atoms with Gasteiger partial charge in [-0.1, -0.05) is 12.1 Å². The smallest absolute Gasteiger partial charge is 0.396 e. The zero-order valence-corrected chi connectivity index (χ0v) is 8.62. The van der Waals surface area contributed by atoms with E-state index in [-0.39, 0.29) is 12.4 Å². The van der Waals surface area contributed by atoms with Crippen molar-refractivity contribution in [1.29, 1.82) is 0 Å². The number of oxime groups is 1. The number of hydrogen-bond donors (Lipinski definition) is 0. The molecule has 1 atom stereocenters. The van der Waals surface area contributed by atoms with Crippen molar-refractivity contribution in [3.8, 4) is 5.75 Å². The Hall–Kier alpha value is -2.11. The van der Waals surface area contributed by atoms with E-state index in [4.69, 9.17) is 9.57 Å². The van der Waals surface area contributed by atoms with Crippen molar-refractivity contribution in [2.45, 2.75) is 5.92 Å². The van der Waals surface area contributed by atoms with Crippen LogP contribution in [0.5, 0.6) is 5.75 Å². The maximum Gasteiger partial charge on any atom is 0.396 e. The third-order valence-electron chi connectivity index (χ3n) is 2.42. The second kappa shape index (κ2) is 4.18. The Balaban J connectivity index is 2.24. The molecule has 0 aliphatic carbocycles. The van der Waals surface area contributed by atoms with Crippen molar-refractivity contribution in [3.05, 3.63) is 39.9 Å². The van der Waals surface area contributed by atoms with Gasteiger partial charge in [0.15, 0.2) is 11.8 Å². The zero-order valence-electron chi connectivity index (χ0n) is 8.62. The van der Waals surface area contributed by atoms with Crippen LogP contribution in [0.1, 0.15) is 11.5 Å². The van der Waals surface area contributed by atoms with Crippen molar-refractivity contribution in [2.75, 3.05) is 13.7 Å². The van der Waals surface area contributed by atoms with E-state index in [1.807, 2.05) is 0 Å². The summed E-state index contributed by atoms with van der Waals surface area (Å²) in [7, 11) is 1.57. The second-order valence-corrected chi connectivity index (χ2v) is 3.33. The molecule has 6 nitrogen and oxygen atoms in total. The summed E-state index contributed by atoms with van der Waals surface area (Å²) in [5.41, 5.74) is 0.800. The molecule has 2 rings (SSSR count). The predicted molar refractivity (Wildman–Crippen MR) is 56.1 cm³/mol. The number of hydrogen-bond acceptors (Lipinski definition) is 5. The maximum atomic E-state index is 10.7. The molecule has 1 unspecified atom stereocenters. The Bertz CT molecular complexity index is 427. The molecular formula is C10H10N2O4. The number of ether oxygens (including phenoxy) is 1. The van der Waals surface area contributed by atoms with Gasteiger partial charge in [0.05, 0.1) is 7.11 Å². The predicted octanol–water partition coefficient (Wildman–Crippen LogP) is 1.40. The highest BCUT2D eigenvalue weighted by atomic mass is 16.7. The molecular weight excluding hydrogens is 212 g/mol.